The molecular formula is C11H15BrN2O2S. The third-order valence-corrected chi connectivity index (χ3v) is 5.89. The maximum atomic E-state index is 12.5. The fourth-order valence-corrected chi connectivity index (χ4v) is 4.56. The van der Waals surface area contributed by atoms with E-state index in [1.807, 2.05) is 13.0 Å². The van der Waals surface area contributed by atoms with Gasteiger partial charge >= 0.3 is 0 Å². The van der Waals surface area contributed by atoms with Crippen molar-refractivity contribution in [3.63, 3.8) is 0 Å². The molecule has 1 aromatic carbocycles. The monoisotopic (exact) mass is 318 g/mol. The highest BCUT2D eigenvalue weighted by Gasteiger charge is 2.31. The molecule has 0 amide bonds. The minimum atomic E-state index is -3.40. The van der Waals surface area contributed by atoms with Gasteiger partial charge in [0.25, 0.3) is 0 Å². The SMILES string of the molecule is CC1CNCCN1S(=O)(=O)c1ccccc1Br. The molecule has 1 fully saturated rings. The van der Waals surface area contributed by atoms with Gasteiger partial charge in [-0.25, -0.2) is 8.42 Å². The van der Waals surface area contributed by atoms with E-state index in [1.165, 1.54) is 0 Å². The van der Waals surface area contributed by atoms with Crippen molar-refractivity contribution in [3.8, 4) is 0 Å². The second-order valence-corrected chi connectivity index (χ2v) is 6.81. The maximum Gasteiger partial charge on any atom is 0.244 e. The highest BCUT2D eigenvalue weighted by molar-refractivity contribution is 9.10. The zero-order chi connectivity index (χ0) is 12.5. The summed E-state index contributed by atoms with van der Waals surface area (Å²) < 4.78 is 27.1. The highest BCUT2D eigenvalue weighted by Crippen LogP contribution is 2.26. The molecule has 1 heterocycles. The third kappa shape index (κ3) is 2.54. The van der Waals surface area contributed by atoms with Crippen LogP contribution in [0.3, 0.4) is 0 Å². The molecule has 6 heteroatoms. The Balaban J connectivity index is 2.39. The van der Waals surface area contributed by atoms with Crippen LogP contribution in [0.15, 0.2) is 33.6 Å². The quantitative estimate of drug-likeness (QED) is 0.897. The van der Waals surface area contributed by atoms with Crippen LogP contribution in [0.1, 0.15) is 6.92 Å². The number of benzene rings is 1. The number of nitrogens with zero attached hydrogens (tertiary/aromatic N) is 1. The van der Waals surface area contributed by atoms with E-state index in [9.17, 15) is 8.42 Å². The van der Waals surface area contributed by atoms with Crippen LogP contribution in [0.25, 0.3) is 0 Å². The van der Waals surface area contributed by atoms with Crippen molar-refractivity contribution in [3.05, 3.63) is 28.7 Å². The topological polar surface area (TPSA) is 49.4 Å². The van der Waals surface area contributed by atoms with E-state index in [0.717, 1.165) is 0 Å². The average molecular weight is 319 g/mol. The number of halogens is 1. The van der Waals surface area contributed by atoms with E-state index in [1.54, 1.807) is 22.5 Å². The van der Waals surface area contributed by atoms with Gasteiger partial charge in [-0.05, 0) is 35.0 Å². The average Bonchev–Trinajstić information content (AvgIpc) is 2.29. The molecule has 2 rings (SSSR count). The summed E-state index contributed by atoms with van der Waals surface area (Å²) in [6.07, 6.45) is 0. The van der Waals surface area contributed by atoms with Crippen molar-refractivity contribution in [2.45, 2.75) is 17.9 Å². The van der Waals surface area contributed by atoms with E-state index in [0.29, 0.717) is 29.0 Å². The van der Waals surface area contributed by atoms with E-state index < -0.39 is 10.0 Å². The lowest BCUT2D eigenvalue weighted by Crippen LogP contribution is -2.52. The first-order valence-corrected chi connectivity index (χ1v) is 7.74. The molecule has 0 saturated carbocycles. The molecular weight excluding hydrogens is 304 g/mol. The summed E-state index contributed by atoms with van der Waals surface area (Å²) in [5.74, 6) is 0. The summed E-state index contributed by atoms with van der Waals surface area (Å²) in [7, 11) is -3.40. The smallest absolute Gasteiger partial charge is 0.244 e. The predicted octanol–water partition coefficient (Wildman–Crippen LogP) is 1.43. The predicted molar refractivity (Wildman–Crippen MR) is 70.4 cm³/mol. The van der Waals surface area contributed by atoms with E-state index in [4.69, 9.17) is 0 Å². The molecule has 0 spiro atoms. The molecule has 1 aliphatic rings. The number of rotatable bonds is 2. The Labute approximate surface area is 110 Å². The van der Waals surface area contributed by atoms with Crippen molar-refractivity contribution in [1.82, 2.24) is 9.62 Å². The molecule has 1 unspecified atom stereocenters. The Morgan fingerprint density at radius 1 is 1.41 bits per heavy atom. The molecule has 94 valence electrons. The number of nitrogens with one attached hydrogen (secondary N) is 1. The Bertz CT molecular complexity index is 504. The highest BCUT2D eigenvalue weighted by atomic mass is 79.9. The summed E-state index contributed by atoms with van der Waals surface area (Å²) in [6, 6.07) is 6.92. The van der Waals surface area contributed by atoms with Gasteiger partial charge in [0.1, 0.15) is 0 Å². The molecule has 0 bridgehead atoms. The van der Waals surface area contributed by atoms with E-state index >= 15 is 0 Å². The van der Waals surface area contributed by atoms with Crippen molar-refractivity contribution in [2.24, 2.45) is 0 Å². The van der Waals surface area contributed by atoms with Crippen LogP contribution in [-0.2, 0) is 10.0 Å². The fraction of sp³-hybridized carbons (Fsp3) is 0.455. The van der Waals surface area contributed by atoms with Crippen molar-refractivity contribution in [2.75, 3.05) is 19.6 Å². The third-order valence-electron chi connectivity index (χ3n) is 2.86. The van der Waals surface area contributed by atoms with Gasteiger partial charge in [-0.3, -0.25) is 0 Å². The zero-order valence-electron chi connectivity index (χ0n) is 9.56. The molecule has 1 aliphatic heterocycles. The first-order chi connectivity index (χ1) is 8.03. The van der Waals surface area contributed by atoms with Crippen molar-refractivity contribution < 1.29 is 8.42 Å². The van der Waals surface area contributed by atoms with Gasteiger partial charge in [-0.2, -0.15) is 4.31 Å². The van der Waals surface area contributed by atoms with Crippen LogP contribution in [-0.4, -0.2) is 38.4 Å². The van der Waals surface area contributed by atoms with Crippen molar-refractivity contribution >= 4 is 26.0 Å². The standard InChI is InChI=1S/C11H15BrN2O2S/c1-9-8-13-6-7-14(9)17(15,16)11-5-3-2-4-10(11)12/h2-5,9,13H,6-8H2,1H3. The van der Waals surface area contributed by atoms with E-state index in [-0.39, 0.29) is 6.04 Å². The number of hydrogen-bond donors (Lipinski definition) is 1. The van der Waals surface area contributed by atoms with Gasteiger partial charge < -0.3 is 5.32 Å². The zero-order valence-corrected chi connectivity index (χ0v) is 12.0. The summed E-state index contributed by atoms with van der Waals surface area (Å²) >= 11 is 3.30. The summed E-state index contributed by atoms with van der Waals surface area (Å²) in [5.41, 5.74) is 0. The Kier molecular flexibility index (Phi) is 3.87. The second-order valence-electron chi connectivity index (χ2n) is 4.10. The van der Waals surface area contributed by atoms with Crippen LogP contribution in [0.5, 0.6) is 0 Å². The molecule has 17 heavy (non-hydrogen) atoms. The molecule has 0 aromatic heterocycles. The second kappa shape index (κ2) is 5.06. The summed E-state index contributed by atoms with van der Waals surface area (Å²) in [4.78, 5) is 0.341. The van der Waals surface area contributed by atoms with Crippen LogP contribution in [0.2, 0.25) is 0 Å². The molecule has 1 N–H and O–H groups in total. The maximum absolute atomic E-state index is 12.5. The van der Waals surface area contributed by atoms with E-state index in [2.05, 4.69) is 21.2 Å². The minimum absolute atomic E-state index is 0.0131. The normalized spacial score (nSPS) is 22.6. The minimum Gasteiger partial charge on any atom is -0.314 e. The lowest BCUT2D eigenvalue weighted by Gasteiger charge is -2.33. The molecule has 1 aromatic rings. The lowest BCUT2D eigenvalue weighted by molar-refractivity contribution is 0.283. The first kappa shape index (κ1) is 13.0. The number of hydrogen-bond acceptors (Lipinski definition) is 3. The van der Waals surface area contributed by atoms with Gasteiger partial charge in [0.2, 0.25) is 10.0 Å². The van der Waals surface area contributed by atoms with Gasteiger partial charge in [0.15, 0.2) is 0 Å². The van der Waals surface area contributed by atoms with Crippen LogP contribution >= 0.6 is 15.9 Å². The summed E-state index contributed by atoms with van der Waals surface area (Å²) in [5, 5.41) is 3.18. The molecule has 4 nitrogen and oxygen atoms in total. The molecule has 1 saturated heterocycles. The van der Waals surface area contributed by atoms with Crippen molar-refractivity contribution in [1.29, 1.82) is 0 Å². The van der Waals surface area contributed by atoms with Gasteiger partial charge in [0.05, 0.1) is 4.90 Å². The van der Waals surface area contributed by atoms with Gasteiger partial charge in [-0.15, -0.1) is 0 Å². The van der Waals surface area contributed by atoms with Crippen LogP contribution in [0.4, 0.5) is 0 Å². The summed E-state index contributed by atoms with van der Waals surface area (Å²) in [6.45, 7) is 3.84. The molecule has 0 radical (unpaired) electrons. The number of sulfonamides is 1. The molecule has 0 aliphatic carbocycles. The van der Waals surface area contributed by atoms with Crippen LogP contribution in [0, 0.1) is 0 Å². The van der Waals surface area contributed by atoms with Gasteiger partial charge in [-0.1, -0.05) is 12.1 Å². The molecule has 1 atom stereocenters. The Morgan fingerprint density at radius 3 is 2.76 bits per heavy atom. The van der Waals surface area contributed by atoms with Crippen LogP contribution < -0.4 is 5.32 Å². The Hall–Kier alpha value is -0.430. The largest absolute Gasteiger partial charge is 0.314 e. The Morgan fingerprint density at radius 2 is 2.12 bits per heavy atom. The van der Waals surface area contributed by atoms with Gasteiger partial charge in [0, 0.05) is 30.1 Å². The first-order valence-electron chi connectivity index (χ1n) is 5.50. The lowest BCUT2D eigenvalue weighted by atomic mass is 10.3. The fourth-order valence-electron chi connectivity index (χ4n) is 1.96. The number of piperazine rings is 1.